The van der Waals surface area contributed by atoms with Crippen molar-refractivity contribution in [3.63, 3.8) is 0 Å². The molecule has 0 amide bonds. The van der Waals surface area contributed by atoms with Crippen LogP contribution in [0.4, 0.5) is 0 Å². The number of hydrogen-bond acceptors (Lipinski definition) is 5. The molecular formula is C15H20O5. The fourth-order valence-electron chi connectivity index (χ4n) is 1.73. The van der Waals surface area contributed by atoms with Crippen LogP contribution in [0.2, 0.25) is 0 Å². The molecule has 110 valence electrons. The third-order valence-corrected chi connectivity index (χ3v) is 2.79. The lowest BCUT2D eigenvalue weighted by molar-refractivity contribution is -0.119. The second kappa shape index (κ2) is 8.32. The van der Waals surface area contributed by atoms with Crippen LogP contribution in [0.15, 0.2) is 18.2 Å². The minimum absolute atomic E-state index is 0.145. The van der Waals surface area contributed by atoms with E-state index in [0.717, 1.165) is 0 Å². The van der Waals surface area contributed by atoms with Crippen molar-refractivity contribution in [2.24, 2.45) is 0 Å². The molecule has 0 N–H and O–H groups in total. The van der Waals surface area contributed by atoms with Crippen molar-refractivity contribution >= 4 is 11.6 Å². The van der Waals surface area contributed by atoms with E-state index in [1.54, 1.807) is 18.2 Å². The van der Waals surface area contributed by atoms with Crippen molar-refractivity contribution in [3.8, 4) is 11.5 Å². The molecule has 0 aromatic heterocycles. The van der Waals surface area contributed by atoms with E-state index in [1.807, 2.05) is 6.92 Å². The average Bonchev–Trinajstić information content (AvgIpc) is 2.46. The Labute approximate surface area is 118 Å². The zero-order valence-corrected chi connectivity index (χ0v) is 12.1. The highest BCUT2D eigenvalue weighted by molar-refractivity contribution is 6.09. The number of carbonyl (C=O) groups is 2. The minimum Gasteiger partial charge on any atom is -0.497 e. The van der Waals surface area contributed by atoms with Gasteiger partial charge in [-0.05, 0) is 25.1 Å². The first-order valence-corrected chi connectivity index (χ1v) is 6.47. The minimum atomic E-state index is -0.276. The summed E-state index contributed by atoms with van der Waals surface area (Å²) in [6.07, 6.45) is 0.0858. The maximum absolute atomic E-state index is 12.1. The van der Waals surface area contributed by atoms with Gasteiger partial charge >= 0.3 is 0 Å². The zero-order chi connectivity index (χ0) is 15.0. The molecule has 0 radical (unpaired) electrons. The van der Waals surface area contributed by atoms with Crippen molar-refractivity contribution in [1.29, 1.82) is 0 Å². The normalized spacial score (nSPS) is 10.2. The molecule has 20 heavy (non-hydrogen) atoms. The Morgan fingerprint density at radius 3 is 2.50 bits per heavy atom. The van der Waals surface area contributed by atoms with E-state index >= 15 is 0 Å². The third kappa shape index (κ3) is 4.66. The van der Waals surface area contributed by atoms with Crippen LogP contribution in [0.3, 0.4) is 0 Å². The van der Waals surface area contributed by atoms with Gasteiger partial charge in [-0.25, -0.2) is 0 Å². The summed E-state index contributed by atoms with van der Waals surface area (Å²) in [6.45, 7) is 2.76. The summed E-state index contributed by atoms with van der Waals surface area (Å²) in [7, 11) is 3.00. The Bertz CT molecular complexity index is 467. The summed E-state index contributed by atoms with van der Waals surface area (Å²) >= 11 is 0. The lowest BCUT2D eigenvalue weighted by atomic mass is 10.0. The summed E-state index contributed by atoms with van der Waals surface area (Å²) in [5, 5.41) is 0. The quantitative estimate of drug-likeness (QED) is 0.394. The van der Waals surface area contributed by atoms with Crippen molar-refractivity contribution in [2.45, 2.75) is 19.8 Å². The molecule has 1 rings (SSSR count). The molecule has 0 saturated heterocycles. The van der Waals surface area contributed by atoms with Gasteiger partial charge in [0.25, 0.3) is 0 Å². The smallest absolute Gasteiger partial charge is 0.174 e. The highest BCUT2D eigenvalue weighted by Gasteiger charge is 2.17. The molecule has 0 fully saturated rings. The fraction of sp³-hybridized carbons (Fsp3) is 0.467. The SMILES string of the molecule is CCOCCC(=O)CC(=O)c1cc(OC)ccc1OC. The standard InChI is InChI=1S/C15H20O5/c1-4-20-8-7-11(16)9-14(17)13-10-12(18-2)5-6-15(13)19-3/h5-6,10H,4,7-9H2,1-3H3. The topological polar surface area (TPSA) is 61.8 Å². The van der Waals surface area contributed by atoms with E-state index in [1.165, 1.54) is 14.2 Å². The first kappa shape index (κ1) is 16.2. The summed E-state index contributed by atoms with van der Waals surface area (Å²) in [6, 6.07) is 4.93. The van der Waals surface area contributed by atoms with Crippen LogP contribution in [0.25, 0.3) is 0 Å². The Morgan fingerprint density at radius 2 is 1.90 bits per heavy atom. The van der Waals surface area contributed by atoms with Crippen molar-refractivity contribution < 1.29 is 23.8 Å². The van der Waals surface area contributed by atoms with Gasteiger partial charge in [-0.3, -0.25) is 9.59 Å². The number of hydrogen-bond donors (Lipinski definition) is 0. The maximum atomic E-state index is 12.1. The van der Waals surface area contributed by atoms with Crippen LogP contribution >= 0.6 is 0 Å². The molecule has 1 aromatic rings. The summed E-state index contributed by atoms with van der Waals surface area (Å²) in [5.41, 5.74) is 0.358. The molecule has 0 spiro atoms. The molecule has 1 aromatic carbocycles. The average molecular weight is 280 g/mol. The fourth-order valence-corrected chi connectivity index (χ4v) is 1.73. The number of ether oxygens (including phenoxy) is 3. The van der Waals surface area contributed by atoms with Gasteiger partial charge in [0.15, 0.2) is 5.78 Å². The van der Waals surface area contributed by atoms with E-state index in [0.29, 0.717) is 30.3 Å². The van der Waals surface area contributed by atoms with Gasteiger partial charge in [0.2, 0.25) is 0 Å². The van der Waals surface area contributed by atoms with Crippen LogP contribution in [0, 0.1) is 0 Å². The molecule has 5 heteroatoms. The number of methoxy groups -OCH3 is 2. The number of rotatable bonds is 9. The number of carbonyl (C=O) groups excluding carboxylic acids is 2. The van der Waals surface area contributed by atoms with E-state index in [2.05, 4.69) is 0 Å². The summed E-state index contributed by atoms with van der Waals surface area (Å²) < 4.78 is 15.3. The molecule has 0 aliphatic heterocycles. The van der Waals surface area contributed by atoms with E-state index in [-0.39, 0.29) is 24.4 Å². The molecular weight excluding hydrogens is 260 g/mol. The van der Waals surface area contributed by atoms with Crippen LogP contribution in [-0.4, -0.2) is 39.0 Å². The molecule has 5 nitrogen and oxygen atoms in total. The molecule has 0 aliphatic rings. The summed E-state index contributed by atoms with van der Waals surface area (Å²) in [4.78, 5) is 23.8. The molecule has 0 unspecified atom stereocenters. The molecule has 0 heterocycles. The van der Waals surface area contributed by atoms with Gasteiger partial charge in [0, 0.05) is 13.0 Å². The second-order valence-corrected chi connectivity index (χ2v) is 4.15. The van der Waals surface area contributed by atoms with Gasteiger partial charge in [0.05, 0.1) is 32.8 Å². The zero-order valence-electron chi connectivity index (χ0n) is 12.1. The van der Waals surface area contributed by atoms with E-state index < -0.39 is 0 Å². The van der Waals surface area contributed by atoms with Crippen LogP contribution in [0.5, 0.6) is 11.5 Å². The van der Waals surface area contributed by atoms with Crippen molar-refractivity contribution in [2.75, 3.05) is 27.4 Å². The van der Waals surface area contributed by atoms with Gasteiger partial charge in [0.1, 0.15) is 17.3 Å². The van der Waals surface area contributed by atoms with Crippen LogP contribution < -0.4 is 9.47 Å². The second-order valence-electron chi connectivity index (χ2n) is 4.15. The number of benzene rings is 1. The first-order chi connectivity index (χ1) is 9.62. The Hall–Kier alpha value is -1.88. The lowest BCUT2D eigenvalue weighted by Gasteiger charge is -2.09. The number of Topliss-reactive ketones (excluding diaryl/α,β-unsaturated/α-hetero) is 2. The van der Waals surface area contributed by atoms with Gasteiger partial charge < -0.3 is 14.2 Å². The van der Waals surface area contributed by atoms with Crippen LogP contribution in [0.1, 0.15) is 30.1 Å². The van der Waals surface area contributed by atoms with Crippen molar-refractivity contribution in [1.82, 2.24) is 0 Å². The number of ketones is 2. The van der Waals surface area contributed by atoms with Gasteiger partial charge in [-0.15, -0.1) is 0 Å². The lowest BCUT2D eigenvalue weighted by Crippen LogP contribution is -2.11. The predicted octanol–water partition coefficient (Wildman–Crippen LogP) is 2.27. The maximum Gasteiger partial charge on any atom is 0.174 e. The molecule has 0 bridgehead atoms. The largest absolute Gasteiger partial charge is 0.497 e. The Balaban J connectivity index is 2.73. The monoisotopic (exact) mass is 280 g/mol. The van der Waals surface area contributed by atoms with Crippen molar-refractivity contribution in [3.05, 3.63) is 23.8 Å². The van der Waals surface area contributed by atoms with E-state index in [9.17, 15) is 9.59 Å². The Morgan fingerprint density at radius 1 is 1.15 bits per heavy atom. The highest BCUT2D eigenvalue weighted by Crippen LogP contribution is 2.25. The van der Waals surface area contributed by atoms with Gasteiger partial charge in [-0.2, -0.15) is 0 Å². The molecule has 0 atom stereocenters. The highest BCUT2D eigenvalue weighted by atomic mass is 16.5. The predicted molar refractivity (Wildman–Crippen MR) is 74.6 cm³/mol. The molecule has 0 aliphatic carbocycles. The van der Waals surface area contributed by atoms with Gasteiger partial charge in [-0.1, -0.05) is 0 Å². The third-order valence-electron chi connectivity index (χ3n) is 2.79. The Kier molecular flexibility index (Phi) is 6.73. The first-order valence-electron chi connectivity index (χ1n) is 6.47. The van der Waals surface area contributed by atoms with Crippen LogP contribution in [-0.2, 0) is 9.53 Å². The molecule has 0 saturated carbocycles. The van der Waals surface area contributed by atoms with E-state index in [4.69, 9.17) is 14.2 Å². The summed E-state index contributed by atoms with van der Waals surface area (Å²) in [5.74, 6) is 0.569.